The van der Waals surface area contributed by atoms with E-state index in [0.29, 0.717) is 43.6 Å². The van der Waals surface area contributed by atoms with Crippen molar-refractivity contribution in [3.05, 3.63) is 51.6 Å². The maximum atomic E-state index is 14.5. The van der Waals surface area contributed by atoms with Crippen molar-refractivity contribution >= 4 is 45.7 Å². The third-order valence-corrected chi connectivity index (χ3v) is 16.8. The molecular weight excluding hydrogens is 801 g/mol. The van der Waals surface area contributed by atoms with E-state index in [1.165, 1.54) is 22.0 Å². The highest BCUT2D eigenvalue weighted by Crippen LogP contribution is 2.78. The predicted molar refractivity (Wildman–Crippen MR) is 238 cm³/mol. The highest BCUT2D eigenvalue weighted by molar-refractivity contribution is 7.10. The zero-order chi connectivity index (χ0) is 42.7. The van der Waals surface area contributed by atoms with E-state index in [9.17, 15) is 14.4 Å². The molecule has 3 aliphatic carbocycles. The maximum absolute atomic E-state index is 14.5. The van der Waals surface area contributed by atoms with Gasteiger partial charge in [0.15, 0.2) is 0 Å². The number of hydrazine groups is 1. The van der Waals surface area contributed by atoms with Crippen molar-refractivity contribution in [2.75, 3.05) is 58.4 Å². The van der Waals surface area contributed by atoms with Crippen molar-refractivity contribution in [2.45, 2.75) is 103 Å². The number of anilines is 1. The molecule has 6 bridgehead atoms. The molecule has 5 fully saturated rings. The number of aromatic nitrogens is 3. The number of carbonyl (C=O) groups is 3. The van der Waals surface area contributed by atoms with Crippen LogP contribution in [0.5, 0.6) is 0 Å². The zero-order valence-electron chi connectivity index (χ0n) is 36.8. The largest absolute Gasteiger partial charge is 0.464 e. The van der Waals surface area contributed by atoms with Crippen LogP contribution in [0.15, 0.2) is 29.8 Å². The number of nitrogens with zero attached hydrogens (tertiary/aromatic N) is 6. The van der Waals surface area contributed by atoms with Gasteiger partial charge in [0.05, 0.1) is 57.6 Å². The number of amides is 2. The molecule has 14 heteroatoms. The molecule has 62 heavy (non-hydrogen) atoms. The number of hydrogen-bond donors (Lipinski definition) is 2. The minimum atomic E-state index is -0.803. The van der Waals surface area contributed by atoms with E-state index in [4.69, 9.17) is 19.4 Å². The molecule has 7 heterocycles. The molecule has 13 nitrogen and oxygen atoms in total. The summed E-state index contributed by atoms with van der Waals surface area (Å²) < 4.78 is 14.8. The molecule has 7 aliphatic rings. The predicted octanol–water partition coefficient (Wildman–Crippen LogP) is 5.93. The first-order valence-corrected chi connectivity index (χ1v) is 23.9. The number of cyclic esters (lactones) is 1. The number of hydrogen-bond acceptors (Lipinski definition) is 11. The number of thiazole rings is 1. The Morgan fingerprint density at radius 2 is 1.81 bits per heavy atom. The van der Waals surface area contributed by atoms with Gasteiger partial charge in [-0.15, -0.1) is 11.3 Å². The standard InChI is InChI=1S/C48H60N8O5S/c1-27(60-5)41-35(21-33(24-49-41)54-14-12-53(4)13-15-54)43-36-23-47(2,3)26-61-45(58)37-9-7-11-56(52-37)44(57)38(51-46(59)48-30-18-31(48)20-32(48)19-30)22-40-50-39(25-62-40)29-16-28-8-6-10-55(43)42(28)34(36)17-29/h16-17,21,24-25,27,30-32,37-38,52H,6-15,18-20,22-23,26H2,1-5H3,(H,51,59)/t27-,30?,31?,32?,37-,38-,48?/m0/s1. The SMILES string of the molecule is CO[C@@H](C)c1ncc(N2CCN(C)CC2)cc1-c1c2c3cc(cc4c3n1CCC4)-c1csc(n1)C[C@H](NC(=O)C13C4CC1CC3C4)C(=O)N1CCC[C@H](N1)C(=O)OCC(C)(C)C2. The van der Waals surface area contributed by atoms with Gasteiger partial charge in [0.25, 0.3) is 5.91 Å². The van der Waals surface area contributed by atoms with Crippen LogP contribution in [-0.2, 0) is 49.7 Å². The van der Waals surface area contributed by atoms with Crippen molar-refractivity contribution in [3.8, 4) is 22.5 Å². The number of pyridine rings is 1. The number of ether oxygens (including phenoxy) is 2. The lowest BCUT2D eigenvalue weighted by atomic mass is 9.27. The Bertz CT molecular complexity index is 2440. The summed E-state index contributed by atoms with van der Waals surface area (Å²) in [7, 11) is 3.93. The summed E-state index contributed by atoms with van der Waals surface area (Å²) in [6.07, 6.45) is 9.24. The van der Waals surface area contributed by atoms with Crippen LogP contribution in [0.25, 0.3) is 33.4 Å². The van der Waals surface area contributed by atoms with Gasteiger partial charge in [-0.25, -0.2) is 10.4 Å². The molecule has 1 aromatic carbocycles. The van der Waals surface area contributed by atoms with Crippen LogP contribution in [0.1, 0.15) is 87.2 Å². The summed E-state index contributed by atoms with van der Waals surface area (Å²) in [5, 5.41) is 8.91. The fraction of sp³-hybridized carbons (Fsp3) is 0.604. The second-order valence-corrected chi connectivity index (χ2v) is 21.2. The lowest BCUT2D eigenvalue weighted by molar-refractivity contribution is -0.272. The van der Waals surface area contributed by atoms with Crippen molar-refractivity contribution in [1.29, 1.82) is 0 Å². The fourth-order valence-electron chi connectivity index (χ4n) is 12.4. The van der Waals surface area contributed by atoms with Crippen LogP contribution in [0.4, 0.5) is 5.69 Å². The molecule has 3 atom stereocenters. The van der Waals surface area contributed by atoms with E-state index < -0.39 is 17.5 Å². The van der Waals surface area contributed by atoms with Crippen molar-refractivity contribution < 1.29 is 23.9 Å². The molecule has 0 radical (unpaired) electrons. The smallest absolute Gasteiger partial charge is 0.324 e. The van der Waals surface area contributed by atoms with Gasteiger partial charge < -0.3 is 29.2 Å². The quantitative estimate of drug-likeness (QED) is 0.225. The Balaban J connectivity index is 1.04. The number of aryl methyl sites for hydroxylation is 2. The highest BCUT2D eigenvalue weighted by Gasteiger charge is 2.77. The Hall–Kier alpha value is -4.37. The molecule has 3 saturated carbocycles. The number of methoxy groups -OCH3 is 1. The zero-order valence-corrected chi connectivity index (χ0v) is 37.6. The van der Waals surface area contributed by atoms with Crippen molar-refractivity contribution in [1.82, 2.24) is 35.2 Å². The lowest BCUT2D eigenvalue weighted by Crippen LogP contribution is -2.77. The fourth-order valence-corrected chi connectivity index (χ4v) is 13.3. The van der Waals surface area contributed by atoms with E-state index in [1.807, 2.05) is 6.20 Å². The van der Waals surface area contributed by atoms with Gasteiger partial charge in [0, 0.05) is 80.1 Å². The van der Waals surface area contributed by atoms with Crippen LogP contribution in [0, 0.1) is 28.6 Å². The van der Waals surface area contributed by atoms with Crippen LogP contribution in [0.2, 0.25) is 0 Å². The number of nitrogens with one attached hydrogen (secondary N) is 2. The number of carbonyl (C=O) groups excluding carboxylic acids is 3. The van der Waals surface area contributed by atoms with Crippen molar-refractivity contribution in [3.63, 3.8) is 0 Å². The third kappa shape index (κ3) is 6.43. The first-order chi connectivity index (χ1) is 29.9. The Kier molecular flexibility index (Phi) is 9.86. The monoisotopic (exact) mass is 860 g/mol. The van der Waals surface area contributed by atoms with Crippen LogP contribution in [0.3, 0.4) is 0 Å². The molecular formula is C48H60N8O5S. The highest BCUT2D eigenvalue weighted by atomic mass is 32.1. The molecule has 328 valence electrons. The molecule has 2 saturated heterocycles. The molecule has 0 unspecified atom stereocenters. The van der Waals surface area contributed by atoms with Gasteiger partial charge in [-0.05, 0) is 112 Å². The van der Waals surface area contributed by atoms with Gasteiger partial charge in [0.2, 0.25) is 5.91 Å². The topological polar surface area (TPSA) is 134 Å². The van der Waals surface area contributed by atoms with Gasteiger partial charge >= 0.3 is 5.97 Å². The van der Waals surface area contributed by atoms with Crippen LogP contribution in [-0.4, -0.2) is 108 Å². The molecule has 4 aromatic rings. The normalized spacial score (nSPS) is 29.7. The lowest BCUT2D eigenvalue weighted by Gasteiger charge is -2.76. The second-order valence-electron chi connectivity index (χ2n) is 20.3. The average Bonchev–Trinajstić information content (AvgIpc) is 3.87. The Morgan fingerprint density at radius 1 is 1.03 bits per heavy atom. The van der Waals surface area contributed by atoms with Gasteiger partial charge in [-0.2, -0.15) is 0 Å². The Morgan fingerprint density at radius 3 is 2.55 bits per heavy atom. The number of rotatable bonds is 6. The molecule has 3 aromatic heterocycles. The van der Waals surface area contributed by atoms with Gasteiger partial charge in [0.1, 0.15) is 12.1 Å². The molecule has 2 amide bonds. The summed E-state index contributed by atoms with van der Waals surface area (Å²) in [6, 6.07) is 5.49. The first-order valence-electron chi connectivity index (χ1n) is 23.1. The number of esters is 1. The molecule has 2 N–H and O–H groups in total. The number of piperazine rings is 1. The van der Waals surface area contributed by atoms with E-state index in [0.717, 1.165) is 104 Å². The van der Waals surface area contributed by atoms with Crippen molar-refractivity contribution in [2.24, 2.45) is 28.6 Å². The molecule has 11 rings (SSSR count). The van der Waals surface area contributed by atoms with E-state index in [1.54, 1.807) is 23.5 Å². The number of likely N-dealkylation sites (N-methyl/N-ethyl adjacent to an activating group) is 1. The van der Waals surface area contributed by atoms with Gasteiger partial charge in [-0.1, -0.05) is 13.8 Å². The summed E-state index contributed by atoms with van der Waals surface area (Å²) in [5.41, 5.74) is 12.4. The maximum Gasteiger partial charge on any atom is 0.324 e. The number of fused-ring (bicyclic) bond motifs is 6. The van der Waals surface area contributed by atoms with Crippen LogP contribution >= 0.6 is 11.3 Å². The minimum absolute atomic E-state index is 0.0263. The second kappa shape index (κ2) is 15.1. The molecule has 4 aliphatic heterocycles. The van der Waals surface area contributed by atoms with Crippen LogP contribution < -0.4 is 15.6 Å². The molecule has 0 spiro atoms. The van der Waals surface area contributed by atoms with E-state index in [-0.39, 0.29) is 42.3 Å². The summed E-state index contributed by atoms with van der Waals surface area (Å²) >= 11 is 1.54. The first kappa shape index (κ1) is 40.4. The summed E-state index contributed by atoms with van der Waals surface area (Å²) in [4.78, 5) is 57.8. The van der Waals surface area contributed by atoms with E-state index in [2.05, 4.69) is 76.5 Å². The summed E-state index contributed by atoms with van der Waals surface area (Å²) in [5.74, 6) is 0.745. The summed E-state index contributed by atoms with van der Waals surface area (Å²) in [6.45, 7) is 11.8. The third-order valence-electron chi connectivity index (χ3n) is 15.9. The Labute approximate surface area is 367 Å². The van der Waals surface area contributed by atoms with Gasteiger partial charge in [-0.3, -0.25) is 24.4 Å². The minimum Gasteiger partial charge on any atom is -0.464 e. The van der Waals surface area contributed by atoms with E-state index >= 15 is 0 Å². The number of benzene rings is 1. The average molecular weight is 861 g/mol.